The second-order valence-electron chi connectivity index (χ2n) is 7.70. The van der Waals surface area contributed by atoms with Gasteiger partial charge in [-0.15, -0.1) is 11.3 Å². The number of ether oxygens (including phenoxy) is 1. The number of rotatable bonds is 3. The summed E-state index contributed by atoms with van der Waals surface area (Å²) in [6.45, 7) is 4.20. The molecule has 0 aromatic carbocycles. The number of nitrogens with one attached hydrogen (secondary N) is 1. The largest absolute Gasteiger partial charge is 0.370 e. The van der Waals surface area contributed by atoms with Crippen molar-refractivity contribution in [3.05, 3.63) is 28.8 Å². The summed E-state index contributed by atoms with van der Waals surface area (Å²) in [5.74, 6) is -0.0621. The van der Waals surface area contributed by atoms with Gasteiger partial charge in [-0.05, 0) is 18.9 Å². The Kier molecular flexibility index (Phi) is 6.01. The third-order valence-corrected chi connectivity index (χ3v) is 7.06. The van der Waals surface area contributed by atoms with Crippen LogP contribution in [0.15, 0.2) is 18.3 Å². The topological polar surface area (TPSA) is 91.8 Å². The summed E-state index contributed by atoms with van der Waals surface area (Å²) in [7, 11) is 1.61. The van der Waals surface area contributed by atoms with E-state index in [1.54, 1.807) is 25.1 Å². The van der Waals surface area contributed by atoms with E-state index in [1.165, 1.54) is 11.3 Å². The van der Waals surface area contributed by atoms with Gasteiger partial charge in [-0.1, -0.05) is 6.07 Å². The lowest BCUT2D eigenvalue weighted by atomic mass is 9.94. The van der Waals surface area contributed by atoms with Crippen molar-refractivity contribution in [1.29, 1.82) is 0 Å². The molecule has 2 aromatic heterocycles. The molecule has 2 aliphatic heterocycles. The van der Waals surface area contributed by atoms with Crippen LogP contribution in [0.25, 0.3) is 10.2 Å². The number of thiophene rings is 1. The number of amides is 3. The molecule has 3 amide bonds. The van der Waals surface area contributed by atoms with Crippen molar-refractivity contribution in [1.82, 2.24) is 20.1 Å². The van der Waals surface area contributed by atoms with E-state index >= 15 is 0 Å². The van der Waals surface area contributed by atoms with Gasteiger partial charge in [0, 0.05) is 56.7 Å². The maximum absolute atomic E-state index is 13.2. The number of hydrogen-bond acceptors (Lipinski definition) is 6. The molecule has 0 spiro atoms. The first kappa shape index (κ1) is 20.7. The number of pyridine rings is 1. The normalized spacial score (nSPS) is 20.4. The molecule has 9 heteroatoms. The Hall–Kier alpha value is -2.52. The standard InChI is InChI=1S/C21H26N4O4S/c1-13(26)24-8-5-14(6-9-24)21(28)25-10-11-29-16(12-25)17-15-4-3-7-23-20(15)30-18(17)19(27)22-2/h3-4,7,14,16H,5-6,8-12H2,1-2H3,(H,22,27)/t16-/m0/s1. The smallest absolute Gasteiger partial charge is 0.261 e. The first-order valence-corrected chi connectivity index (χ1v) is 11.1. The van der Waals surface area contributed by atoms with Crippen LogP contribution in [-0.2, 0) is 14.3 Å². The van der Waals surface area contributed by atoms with Gasteiger partial charge in [0.15, 0.2) is 0 Å². The summed E-state index contributed by atoms with van der Waals surface area (Å²) in [6.07, 6.45) is 2.72. The molecule has 2 aromatic rings. The van der Waals surface area contributed by atoms with Crippen LogP contribution in [0.5, 0.6) is 0 Å². The highest BCUT2D eigenvalue weighted by Gasteiger charge is 2.35. The lowest BCUT2D eigenvalue weighted by Crippen LogP contribution is -2.48. The Bertz CT molecular complexity index is 967. The lowest BCUT2D eigenvalue weighted by Gasteiger charge is -2.37. The van der Waals surface area contributed by atoms with E-state index in [1.807, 2.05) is 17.0 Å². The highest BCUT2D eigenvalue weighted by Crippen LogP contribution is 2.37. The van der Waals surface area contributed by atoms with Crippen LogP contribution >= 0.6 is 11.3 Å². The molecule has 1 N–H and O–H groups in total. The molecule has 1 atom stereocenters. The second-order valence-corrected chi connectivity index (χ2v) is 8.70. The molecular formula is C21H26N4O4S. The fourth-order valence-electron chi connectivity index (χ4n) is 4.28. The zero-order valence-electron chi connectivity index (χ0n) is 17.2. The maximum atomic E-state index is 13.2. The quantitative estimate of drug-likeness (QED) is 0.802. The van der Waals surface area contributed by atoms with Gasteiger partial charge < -0.3 is 19.9 Å². The monoisotopic (exact) mass is 430 g/mol. The predicted molar refractivity (Wildman–Crippen MR) is 113 cm³/mol. The van der Waals surface area contributed by atoms with Crippen molar-refractivity contribution >= 4 is 39.3 Å². The maximum Gasteiger partial charge on any atom is 0.261 e. The van der Waals surface area contributed by atoms with Crippen molar-refractivity contribution in [2.45, 2.75) is 25.9 Å². The van der Waals surface area contributed by atoms with Gasteiger partial charge in [0.1, 0.15) is 15.8 Å². The summed E-state index contributed by atoms with van der Waals surface area (Å²) in [5.41, 5.74) is 0.811. The fourth-order valence-corrected chi connectivity index (χ4v) is 5.42. The highest BCUT2D eigenvalue weighted by atomic mass is 32.1. The van der Waals surface area contributed by atoms with Gasteiger partial charge in [0.25, 0.3) is 5.91 Å². The van der Waals surface area contributed by atoms with Crippen LogP contribution in [0.3, 0.4) is 0 Å². The average Bonchev–Trinajstić information content (AvgIpc) is 3.18. The second kappa shape index (κ2) is 8.69. The van der Waals surface area contributed by atoms with Crippen molar-refractivity contribution in [2.24, 2.45) is 5.92 Å². The third kappa shape index (κ3) is 3.91. The minimum atomic E-state index is -0.370. The van der Waals surface area contributed by atoms with Gasteiger partial charge in [-0.25, -0.2) is 4.98 Å². The number of nitrogens with zero attached hydrogens (tertiary/aromatic N) is 3. The zero-order valence-corrected chi connectivity index (χ0v) is 18.0. The van der Waals surface area contributed by atoms with E-state index in [-0.39, 0.29) is 29.7 Å². The molecule has 0 aliphatic carbocycles. The van der Waals surface area contributed by atoms with Crippen LogP contribution in [0, 0.1) is 5.92 Å². The van der Waals surface area contributed by atoms with Crippen molar-refractivity contribution < 1.29 is 19.1 Å². The van der Waals surface area contributed by atoms with Crippen LogP contribution in [0.2, 0.25) is 0 Å². The summed E-state index contributed by atoms with van der Waals surface area (Å²) in [4.78, 5) is 46.6. The molecule has 0 unspecified atom stereocenters. The van der Waals surface area contributed by atoms with Gasteiger partial charge in [-0.3, -0.25) is 14.4 Å². The number of carbonyl (C=O) groups excluding carboxylic acids is 3. The van der Waals surface area contributed by atoms with Gasteiger partial charge in [0.05, 0.1) is 13.2 Å². The molecular weight excluding hydrogens is 404 g/mol. The Morgan fingerprint density at radius 2 is 1.97 bits per heavy atom. The minimum absolute atomic E-state index is 0.0620. The van der Waals surface area contributed by atoms with E-state index in [0.717, 1.165) is 15.8 Å². The third-order valence-electron chi connectivity index (χ3n) is 5.93. The Balaban J connectivity index is 1.54. The molecule has 2 aliphatic rings. The SMILES string of the molecule is CNC(=O)c1sc2ncccc2c1[C@@H]1CN(C(=O)C2CCN(C(C)=O)CC2)CCO1. The van der Waals surface area contributed by atoms with E-state index in [2.05, 4.69) is 10.3 Å². The van der Waals surface area contributed by atoms with E-state index < -0.39 is 0 Å². The highest BCUT2D eigenvalue weighted by molar-refractivity contribution is 7.20. The molecule has 160 valence electrons. The minimum Gasteiger partial charge on any atom is -0.370 e. The Labute approximate surface area is 179 Å². The number of piperidine rings is 1. The number of carbonyl (C=O) groups is 3. The van der Waals surface area contributed by atoms with Crippen LogP contribution in [0.4, 0.5) is 0 Å². The molecule has 0 bridgehead atoms. The van der Waals surface area contributed by atoms with Crippen molar-refractivity contribution in [3.8, 4) is 0 Å². The Morgan fingerprint density at radius 1 is 1.20 bits per heavy atom. The zero-order chi connectivity index (χ0) is 21.3. The van der Waals surface area contributed by atoms with Gasteiger partial charge >= 0.3 is 0 Å². The van der Waals surface area contributed by atoms with Crippen molar-refractivity contribution in [3.63, 3.8) is 0 Å². The number of morpholine rings is 1. The molecule has 0 radical (unpaired) electrons. The van der Waals surface area contributed by atoms with Crippen LogP contribution in [0.1, 0.15) is 41.1 Å². The lowest BCUT2D eigenvalue weighted by molar-refractivity contribution is -0.146. The summed E-state index contributed by atoms with van der Waals surface area (Å²) < 4.78 is 6.03. The molecule has 8 nitrogen and oxygen atoms in total. The summed E-state index contributed by atoms with van der Waals surface area (Å²) in [5, 5.41) is 3.59. The molecule has 4 rings (SSSR count). The fraction of sp³-hybridized carbons (Fsp3) is 0.524. The summed E-state index contributed by atoms with van der Waals surface area (Å²) in [6, 6.07) is 3.79. The van der Waals surface area contributed by atoms with Crippen LogP contribution < -0.4 is 5.32 Å². The molecule has 4 heterocycles. The number of hydrogen-bond donors (Lipinski definition) is 1. The Morgan fingerprint density at radius 3 is 2.67 bits per heavy atom. The van der Waals surface area contributed by atoms with Crippen molar-refractivity contribution in [2.75, 3.05) is 39.8 Å². The predicted octanol–water partition coefficient (Wildman–Crippen LogP) is 1.81. The first-order chi connectivity index (χ1) is 14.5. The van der Waals surface area contributed by atoms with Crippen LogP contribution in [-0.4, -0.2) is 72.3 Å². The van der Waals surface area contributed by atoms with Gasteiger partial charge in [0.2, 0.25) is 11.8 Å². The average molecular weight is 431 g/mol. The van der Waals surface area contributed by atoms with E-state index in [4.69, 9.17) is 4.74 Å². The van der Waals surface area contributed by atoms with Gasteiger partial charge in [-0.2, -0.15) is 0 Å². The molecule has 2 saturated heterocycles. The molecule has 30 heavy (non-hydrogen) atoms. The van der Waals surface area contributed by atoms with E-state index in [0.29, 0.717) is 50.5 Å². The number of aromatic nitrogens is 1. The molecule has 0 saturated carbocycles. The van der Waals surface area contributed by atoms with E-state index in [9.17, 15) is 14.4 Å². The first-order valence-electron chi connectivity index (χ1n) is 10.2. The summed E-state index contributed by atoms with van der Waals surface area (Å²) >= 11 is 1.35. The number of likely N-dealkylation sites (tertiary alicyclic amines) is 1. The number of fused-ring (bicyclic) bond motifs is 1. The molecule has 2 fully saturated rings.